The first-order chi connectivity index (χ1) is 12.5. The molecule has 0 radical (unpaired) electrons. The van der Waals surface area contributed by atoms with Gasteiger partial charge < -0.3 is 9.15 Å². The highest BCUT2D eigenvalue weighted by atomic mass is 35.5. The van der Waals surface area contributed by atoms with Crippen molar-refractivity contribution in [3.63, 3.8) is 0 Å². The lowest BCUT2D eigenvalue weighted by molar-refractivity contribution is 0.0474. The van der Waals surface area contributed by atoms with Crippen LogP contribution in [-0.2, 0) is 24.2 Å². The topological polar surface area (TPSA) is 56.5 Å². The van der Waals surface area contributed by atoms with E-state index in [0.29, 0.717) is 21.7 Å². The van der Waals surface area contributed by atoms with Gasteiger partial charge in [0, 0.05) is 17.0 Å². The van der Waals surface area contributed by atoms with Gasteiger partial charge in [0.25, 0.3) is 0 Å². The molecule has 26 heavy (non-hydrogen) atoms. The number of fused-ring (bicyclic) bond motifs is 2. The second-order valence-corrected chi connectivity index (χ2v) is 7.08. The van der Waals surface area contributed by atoms with E-state index < -0.39 is 11.6 Å². The number of ether oxygens (including phenoxy) is 1. The van der Waals surface area contributed by atoms with E-state index in [1.807, 2.05) is 12.1 Å². The van der Waals surface area contributed by atoms with Crippen molar-refractivity contribution in [3.8, 4) is 0 Å². The minimum Gasteiger partial charge on any atom is -0.457 e. The Labute approximate surface area is 159 Å². The largest absolute Gasteiger partial charge is 0.457 e. The van der Waals surface area contributed by atoms with Crippen molar-refractivity contribution in [2.45, 2.75) is 25.9 Å². The molecule has 1 heterocycles. The molecule has 0 spiro atoms. The van der Waals surface area contributed by atoms with Gasteiger partial charge in [-0.15, -0.1) is 0 Å². The molecule has 132 valence electrons. The predicted octanol–water partition coefficient (Wildman–Crippen LogP) is 4.95. The number of hydrogen-bond acceptors (Lipinski definition) is 4. The fraction of sp³-hybridized carbons (Fsp3) is 0.200. The molecule has 0 atom stereocenters. The molecule has 4 rings (SSSR count). The normalized spacial score (nSPS) is 13.0. The number of benzene rings is 2. The second kappa shape index (κ2) is 6.78. The number of esters is 1. The summed E-state index contributed by atoms with van der Waals surface area (Å²) in [4.78, 5) is 24.1. The van der Waals surface area contributed by atoms with Crippen LogP contribution in [0.3, 0.4) is 0 Å². The molecule has 0 unspecified atom stereocenters. The van der Waals surface area contributed by atoms with E-state index in [9.17, 15) is 9.59 Å². The molecule has 3 aromatic rings. The number of aryl methyl sites for hydroxylation is 2. The van der Waals surface area contributed by atoms with Crippen LogP contribution in [0, 0.1) is 0 Å². The molecule has 1 aliphatic rings. The summed E-state index contributed by atoms with van der Waals surface area (Å²) in [6.45, 7) is -0.0278. The van der Waals surface area contributed by atoms with Gasteiger partial charge in [0.1, 0.15) is 12.2 Å². The van der Waals surface area contributed by atoms with Gasteiger partial charge in [-0.3, -0.25) is 0 Å². The second-order valence-electron chi connectivity index (χ2n) is 6.27. The molecule has 6 heteroatoms. The van der Waals surface area contributed by atoms with Gasteiger partial charge in [-0.2, -0.15) is 0 Å². The Morgan fingerprint density at radius 3 is 2.58 bits per heavy atom. The summed E-state index contributed by atoms with van der Waals surface area (Å²) >= 11 is 11.8. The van der Waals surface area contributed by atoms with Crippen LogP contribution >= 0.6 is 23.2 Å². The number of carbonyl (C=O) groups is 1. The van der Waals surface area contributed by atoms with Crippen LogP contribution in [0.4, 0.5) is 0 Å². The van der Waals surface area contributed by atoms with E-state index >= 15 is 0 Å². The Balaban J connectivity index is 1.63. The fourth-order valence-electron chi connectivity index (χ4n) is 3.26. The van der Waals surface area contributed by atoms with Crippen molar-refractivity contribution < 1.29 is 13.9 Å². The summed E-state index contributed by atoms with van der Waals surface area (Å²) < 4.78 is 10.7. The van der Waals surface area contributed by atoms with Crippen LogP contribution in [0.15, 0.2) is 45.6 Å². The van der Waals surface area contributed by atoms with E-state index in [0.717, 1.165) is 24.6 Å². The number of halogens is 2. The minimum absolute atomic E-state index is 0.0278. The van der Waals surface area contributed by atoms with Crippen molar-refractivity contribution in [2.24, 2.45) is 0 Å². The van der Waals surface area contributed by atoms with E-state index in [4.69, 9.17) is 32.4 Å². The lowest BCUT2D eigenvalue weighted by atomic mass is 10.0. The van der Waals surface area contributed by atoms with Crippen molar-refractivity contribution >= 4 is 40.1 Å². The summed E-state index contributed by atoms with van der Waals surface area (Å²) in [5, 5.41) is 1.44. The third-order valence-electron chi connectivity index (χ3n) is 4.56. The van der Waals surface area contributed by atoms with E-state index in [1.54, 1.807) is 6.07 Å². The molecule has 0 fully saturated rings. The maximum atomic E-state index is 12.3. The first-order valence-electron chi connectivity index (χ1n) is 8.22. The van der Waals surface area contributed by atoms with E-state index in [2.05, 4.69) is 0 Å². The van der Waals surface area contributed by atoms with Crippen molar-refractivity contribution in [2.75, 3.05) is 0 Å². The zero-order chi connectivity index (χ0) is 18.3. The molecule has 0 N–H and O–H groups in total. The molecule has 0 saturated carbocycles. The highest BCUT2D eigenvalue weighted by molar-refractivity contribution is 6.42. The van der Waals surface area contributed by atoms with Crippen molar-refractivity contribution in [1.29, 1.82) is 0 Å². The number of rotatable bonds is 3. The Kier molecular flexibility index (Phi) is 4.47. The lowest BCUT2D eigenvalue weighted by Crippen LogP contribution is -2.08. The van der Waals surface area contributed by atoms with Crippen LogP contribution < -0.4 is 5.63 Å². The maximum Gasteiger partial charge on any atom is 0.338 e. The molecule has 0 aliphatic heterocycles. The van der Waals surface area contributed by atoms with Gasteiger partial charge in [0.15, 0.2) is 0 Å². The Morgan fingerprint density at radius 2 is 1.81 bits per heavy atom. The molecule has 2 aromatic carbocycles. The van der Waals surface area contributed by atoms with Gasteiger partial charge in [0.05, 0.1) is 15.6 Å². The summed E-state index contributed by atoms with van der Waals surface area (Å²) in [6.07, 6.45) is 3.09. The molecular formula is C20H14Cl2O4. The average Bonchev–Trinajstić information content (AvgIpc) is 3.07. The maximum absolute atomic E-state index is 12.3. The monoisotopic (exact) mass is 388 g/mol. The average molecular weight is 389 g/mol. The van der Waals surface area contributed by atoms with Gasteiger partial charge in [-0.25, -0.2) is 9.59 Å². The number of hydrogen-bond donors (Lipinski definition) is 0. The zero-order valence-corrected chi connectivity index (χ0v) is 15.2. The first-order valence-corrected chi connectivity index (χ1v) is 8.97. The molecule has 0 bridgehead atoms. The quantitative estimate of drug-likeness (QED) is 0.470. The molecular weight excluding hydrogens is 375 g/mol. The third-order valence-corrected chi connectivity index (χ3v) is 5.30. The van der Waals surface area contributed by atoms with Gasteiger partial charge in [-0.05, 0) is 60.7 Å². The van der Waals surface area contributed by atoms with Crippen LogP contribution in [-0.4, -0.2) is 5.97 Å². The minimum atomic E-state index is -0.536. The van der Waals surface area contributed by atoms with Crippen LogP contribution in [0.25, 0.3) is 11.0 Å². The standard InChI is InChI=1S/C20H14Cl2O4/c21-16-5-4-13(7-17(16)22)20(24)25-10-14-9-19(23)26-18-8-12-3-1-2-11(12)6-15(14)18/h4-9H,1-3,10H2. The van der Waals surface area contributed by atoms with Gasteiger partial charge >= 0.3 is 11.6 Å². The third kappa shape index (κ3) is 3.22. The highest BCUT2D eigenvalue weighted by Gasteiger charge is 2.16. The van der Waals surface area contributed by atoms with Gasteiger partial charge in [-0.1, -0.05) is 23.2 Å². The highest BCUT2D eigenvalue weighted by Crippen LogP contribution is 2.29. The lowest BCUT2D eigenvalue weighted by Gasteiger charge is -2.09. The first kappa shape index (κ1) is 17.1. The summed E-state index contributed by atoms with van der Waals surface area (Å²) in [5.41, 5.74) is 3.45. The summed E-state index contributed by atoms with van der Waals surface area (Å²) in [7, 11) is 0. The van der Waals surface area contributed by atoms with Crippen LogP contribution in [0.5, 0.6) is 0 Å². The Hall–Kier alpha value is -2.30. The van der Waals surface area contributed by atoms with Crippen LogP contribution in [0.1, 0.15) is 33.5 Å². The fourth-order valence-corrected chi connectivity index (χ4v) is 3.56. The molecule has 0 amide bonds. The van der Waals surface area contributed by atoms with Crippen molar-refractivity contribution in [3.05, 3.63) is 79.1 Å². The predicted molar refractivity (Wildman–Crippen MR) is 100 cm³/mol. The summed E-state index contributed by atoms with van der Waals surface area (Å²) in [6, 6.07) is 9.85. The zero-order valence-electron chi connectivity index (χ0n) is 13.7. The van der Waals surface area contributed by atoms with Crippen molar-refractivity contribution in [1.82, 2.24) is 0 Å². The number of carbonyl (C=O) groups excluding carboxylic acids is 1. The SMILES string of the molecule is O=C(OCc1cc(=O)oc2cc3c(cc12)CCC3)c1ccc(Cl)c(Cl)c1. The molecule has 1 aromatic heterocycles. The molecule has 0 saturated heterocycles. The van der Waals surface area contributed by atoms with Gasteiger partial charge in [0.2, 0.25) is 0 Å². The summed E-state index contributed by atoms with van der Waals surface area (Å²) in [5.74, 6) is -0.536. The molecule has 1 aliphatic carbocycles. The van der Waals surface area contributed by atoms with Crippen LogP contribution in [0.2, 0.25) is 10.0 Å². The van der Waals surface area contributed by atoms with E-state index in [-0.39, 0.29) is 11.6 Å². The smallest absolute Gasteiger partial charge is 0.338 e. The molecule has 4 nitrogen and oxygen atoms in total. The Morgan fingerprint density at radius 1 is 1.04 bits per heavy atom. The van der Waals surface area contributed by atoms with E-state index in [1.165, 1.54) is 29.3 Å². The Bertz CT molecular complexity index is 1090.